The third-order valence-electron chi connectivity index (χ3n) is 2.94. The van der Waals surface area contributed by atoms with E-state index in [-0.39, 0.29) is 5.56 Å². The van der Waals surface area contributed by atoms with E-state index in [0.717, 1.165) is 5.70 Å². The Bertz CT molecular complexity index is 726. The lowest BCUT2D eigenvalue weighted by Crippen LogP contribution is -2.18. The summed E-state index contributed by atoms with van der Waals surface area (Å²) >= 11 is 6.26. The van der Waals surface area contributed by atoms with Gasteiger partial charge in [-0.05, 0) is 25.1 Å². The lowest BCUT2D eigenvalue weighted by atomic mass is 10.2. The molecule has 5 nitrogen and oxygen atoms in total. The van der Waals surface area contributed by atoms with Gasteiger partial charge in [0.25, 0.3) is 0 Å². The van der Waals surface area contributed by atoms with Crippen LogP contribution in [-0.2, 0) is 0 Å². The normalized spacial score (nSPS) is 11.1. The molecular formula is C16H14ClN3O2. The summed E-state index contributed by atoms with van der Waals surface area (Å²) in [6, 6.07) is 7.24. The fourth-order valence-electron chi connectivity index (χ4n) is 1.88. The minimum Gasteiger partial charge on any atom is -0.478 e. The summed E-state index contributed by atoms with van der Waals surface area (Å²) in [5.74, 6) is -0.767. The number of aromatic nitrogens is 2. The molecule has 1 aromatic heterocycles. The number of hydrogen-bond acceptors (Lipinski definition) is 4. The topological polar surface area (TPSA) is 66.3 Å². The molecule has 0 aliphatic heterocycles. The van der Waals surface area contributed by atoms with Gasteiger partial charge in [-0.15, -0.1) is 0 Å². The van der Waals surface area contributed by atoms with Crippen LogP contribution < -0.4 is 4.90 Å². The predicted octanol–water partition coefficient (Wildman–Crippen LogP) is 4.06. The number of carboxylic acids is 1. The predicted molar refractivity (Wildman–Crippen MR) is 86.5 cm³/mol. The number of aromatic carboxylic acids is 1. The largest absolute Gasteiger partial charge is 0.478 e. The highest BCUT2D eigenvalue weighted by Crippen LogP contribution is 2.33. The highest BCUT2D eigenvalue weighted by Gasteiger charge is 2.18. The standard InChI is InChI=1S/C16H14ClN3O2/c1-3-12(4-2)20(14-8-6-5-7-13(14)17)16-18-9-11(10-19-16)15(21)22/h3-10H,1H2,2H3,(H,21,22)/b12-4+. The number of benzene rings is 1. The van der Waals surface area contributed by atoms with Crippen LogP contribution in [0.5, 0.6) is 0 Å². The molecule has 0 spiro atoms. The van der Waals surface area contributed by atoms with Crippen LogP contribution in [0.15, 0.2) is 61.1 Å². The Labute approximate surface area is 133 Å². The Balaban J connectivity index is 2.56. The second kappa shape index (κ2) is 6.87. The smallest absolute Gasteiger partial charge is 0.338 e. The van der Waals surface area contributed by atoms with Crippen molar-refractivity contribution in [2.45, 2.75) is 6.92 Å². The van der Waals surface area contributed by atoms with E-state index < -0.39 is 5.97 Å². The third kappa shape index (κ3) is 3.15. The molecule has 0 radical (unpaired) electrons. The van der Waals surface area contributed by atoms with Gasteiger partial charge in [-0.3, -0.25) is 4.90 Å². The molecule has 112 valence electrons. The number of carbonyl (C=O) groups is 1. The molecule has 22 heavy (non-hydrogen) atoms. The van der Waals surface area contributed by atoms with Crippen molar-refractivity contribution in [1.82, 2.24) is 9.97 Å². The third-order valence-corrected chi connectivity index (χ3v) is 3.26. The van der Waals surface area contributed by atoms with E-state index >= 15 is 0 Å². The van der Waals surface area contributed by atoms with Gasteiger partial charge in [0.05, 0.1) is 16.3 Å². The van der Waals surface area contributed by atoms with Gasteiger partial charge in [-0.1, -0.05) is 36.4 Å². The molecule has 2 rings (SSSR count). The Morgan fingerprint density at radius 1 is 1.32 bits per heavy atom. The van der Waals surface area contributed by atoms with Gasteiger partial charge in [-0.2, -0.15) is 0 Å². The molecule has 0 atom stereocenters. The van der Waals surface area contributed by atoms with Gasteiger partial charge in [0.2, 0.25) is 5.95 Å². The molecule has 1 N–H and O–H groups in total. The van der Waals surface area contributed by atoms with Gasteiger partial charge in [0.1, 0.15) is 0 Å². The highest BCUT2D eigenvalue weighted by atomic mass is 35.5. The zero-order valence-corrected chi connectivity index (χ0v) is 12.7. The number of halogens is 1. The SMILES string of the molecule is C=C/C(=C\C)N(c1ncc(C(=O)O)cn1)c1ccccc1Cl. The molecule has 1 heterocycles. The maximum Gasteiger partial charge on any atom is 0.338 e. The number of allylic oxidation sites excluding steroid dienone is 2. The second-order valence-corrected chi connectivity index (χ2v) is 4.69. The summed E-state index contributed by atoms with van der Waals surface area (Å²) in [4.78, 5) is 20.9. The molecule has 0 saturated heterocycles. The van der Waals surface area contributed by atoms with Crippen molar-refractivity contribution in [3.63, 3.8) is 0 Å². The van der Waals surface area contributed by atoms with Crippen LogP contribution in [0.1, 0.15) is 17.3 Å². The lowest BCUT2D eigenvalue weighted by Gasteiger charge is -2.24. The maximum atomic E-state index is 10.9. The van der Waals surface area contributed by atoms with Crippen molar-refractivity contribution in [3.8, 4) is 0 Å². The van der Waals surface area contributed by atoms with Crippen LogP contribution in [-0.4, -0.2) is 21.0 Å². The lowest BCUT2D eigenvalue weighted by molar-refractivity contribution is 0.0696. The molecule has 2 aromatic rings. The first kappa shape index (κ1) is 15.7. The zero-order valence-electron chi connectivity index (χ0n) is 11.9. The van der Waals surface area contributed by atoms with Crippen LogP contribution in [0.4, 0.5) is 11.6 Å². The Kier molecular flexibility index (Phi) is 4.91. The molecule has 0 aliphatic carbocycles. The molecule has 1 aromatic carbocycles. The highest BCUT2D eigenvalue weighted by molar-refractivity contribution is 6.33. The summed E-state index contributed by atoms with van der Waals surface area (Å²) in [5, 5.41) is 9.46. The van der Waals surface area contributed by atoms with Crippen molar-refractivity contribution in [1.29, 1.82) is 0 Å². The Morgan fingerprint density at radius 3 is 2.45 bits per heavy atom. The number of anilines is 2. The molecule has 6 heteroatoms. The van der Waals surface area contributed by atoms with Gasteiger partial charge < -0.3 is 5.11 Å². The minimum atomic E-state index is -1.08. The van der Waals surface area contributed by atoms with E-state index in [1.807, 2.05) is 31.2 Å². The van der Waals surface area contributed by atoms with E-state index in [2.05, 4.69) is 16.5 Å². The number of carboxylic acid groups (broad SMARTS) is 1. The van der Waals surface area contributed by atoms with Crippen LogP contribution in [0, 0.1) is 0 Å². The van der Waals surface area contributed by atoms with Crippen LogP contribution in [0.2, 0.25) is 5.02 Å². The number of rotatable bonds is 5. The number of hydrogen-bond donors (Lipinski definition) is 1. The summed E-state index contributed by atoms with van der Waals surface area (Å²) in [6.45, 7) is 5.63. The summed E-state index contributed by atoms with van der Waals surface area (Å²) in [7, 11) is 0. The van der Waals surface area contributed by atoms with E-state index in [1.165, 1.54) is 12.4 Å². The number of nitrogens with zero attached hydrogens (tertiary/aromatic N) is 3. The van der Waals surface area contributed by atoms with Crippen molar-refractivity contribution in [2.75, 3.05) is 4.90 Å². The minimum absolute atomic E-state index is 0.0171. The molecular weight excluding hydrogens is 302 g/mol. The second-order valence-electron chi connectivity index (χ2n) is 4.28. The average Bonchev–Trinajstić information content (AvgIpc) is 2.53. The maximum absolute atomic E-state index is 10.9. The van der Waals surface area contributed by atoms with Crippen LogP contribution in [0.25, 0.3) is 0 Å². The molecule has 0 amide bonds. The fourth-order valence-corrected chi connectivity index (χ4v) is 2.10. The molecule has 0 unspecified atom stereocenters. The fraction of sp³-hybridized carbons (Fsp3) is 0.0625. The number of para-hydroxylation sites is 1. The quantitative estimate of drug-likeness (QED) is 0.843. The first-order chi connectivity index (χ1) is 10.6. The first-order valence-corrected chi connectivity index (χ1v) is 6.85. The molecule has 0 fully saturated rings. The molecule has 0 bridgehead atoms. The van der Waals surface area contributed by atoms with Crippen LogP contribution in [0.3, 0.4) is 0 Å². The van der Waals surface area contributed by atoms with Gasteiger partial charge in [0.15, 0.2) is 0 Å². The Morgan fingerprint density at radius 2 is 1.95 bits per heavy atom. The van der Waals surface area contributed by atoms with Crippen molar-refractivity contribution in [3.05, 3.63) is 71.7 Å². The average molecular weight is 316 g/mol. The summed E-state index contributed by atoms with van der Waals surface area (Å²) in [5.41, 5.74) is 1.43. The van der Waals surface area contributed by atoms with E-state index in [9.17, 15) is 4.79 Å². The van der Waals surface area contributed by atoms with Crippen molar-refractivity contribution < 1.29 is 9.90 Å². The first-order valence-electron chi connectivity index (χ1n) is 6.47. The molecule has 0 aliphatic rings. The zero-order chi connectivity index (χ0) is 16.1. The monoisotopic (exact) mass is 315 g/mol. The van der Waals surface area contributed by atoms with E-state index in [4.69, 9.17) is 16.7 Å². The van der Waals surface area contributed by atoms with Gasteiger partial charge in [-0.25, -0.2) is 14.8 Å². The Hall–Kier alpha value is -2.66. The van der Waals surface area contributed by atoms with Crippen molar-refractivity contribution >= 4 is 29.2 Å². The van der Waals surface area contributed by atoms with E-state index in [1.54, 1.807) is 17.0 Å². The van der Waals surface area contributed by atoms with Gasteiger partial charge in [0, 0.05) is 18.1 Å². The van der Waals surface area contributed by atoms with Crippen LogP contribution >= 0.6 is 11.6 Å². The molecule has 0 saturated carbocycles. The van der Waals surface area contributed by atoms with Crippen molar-refractivity contribution in [2.24, 2.45) is 0 Å². The summed E-state index contributed by atoms with van der Waals surface area (Å²) < 4.78 is 0. The van der Waals surface area contributed by atoms with Gasteiger partial charge >= 0.3 is 5.97 Å². The summed E-state index contributed by atoms with van der Waals surface area (Å²) in [6.07, 6.45) is 6.00. The van der Waals surface area contributed by atoms with E-state index in [0.29, 0.717) is 16.7 Å².